The third-order valence-corrected chi connectivity index (χ3v) is 6.06. The van der Waals surface area contributed by atoms with Gasteiger partial charge in [0.25, 0.3) is 0 Å². The summed E-state index contributed by atoms with van der Waals surface area (Å²) in [6.45, 7) is 8.43. The summed E-state index contributed by atoms with van der Waals surface area (Å²) in [6, 6.07) is 4.69. The summed E-state index contributed by atoms with van der Waals surface area (Å²) in [7, 11) is 1.82. The first kappa shape index (κ1) is 18.5. The molecule has 1 aromatic rings. The predicted octanol–water partition coefficient (Wildman–Crippen LogP) is 1.21. The number of rotatable bonds is 5. The van der Waals surface area contributed by atoms with E-state index in [2.05, 4.69) is 49.5 Å². The first-order valence-electron chi connectivity index (χ1n) is 10.3. The van der Waals surface area contributed by atoms with Gasteiger partial charge in [0.2, 0.25) is 0 Å². The van der Waals surface area contributed by atoms with E-state index in [0.717, 1.165) is 69.5 Å². The van der Waals surface area contributed by atoms with Gasteiger partial charge in [-0.25, -0.2) is 4.98 Å². The molecule has 4 rings (SSSR count). The van der Waals surface area contributed by atoms with Crippen LogP contribution in [0, 0.1) is 0 Å². The molecule has 3 aliphatic rings. The molecular formula is C20H32N6O. The lowest BCUT2D eigenvalue weighted by atomic mass is 9.96. The SMILES string of the molecule is CCN1CCN(c2ccc(CNC(=NC)NC3CC4CCC3O4)cn2)CC1. The fourth-order valence-corrected chi connectivity index (χ4v) is 4.35. The fraction of sp³-hybridized carbons (Fsp3) is 0.700. The van der Waals surface area contributed by atoms with Crippen LogP contribution in [0.5, 0.6) is 0 Å². The Hall–Kier alpha value is -1.86. The zero-order chi connectivity index (χ0) is 18.6. The number of pyridine rings is 1. The molecule has 1 aromatic heterocycles. The van der Waals surface area contributed by atoms with E-state index in [4.69, 9.17) is 4.74 Å². The zero-order valence-electron chi connectivity index (χ0n) is 16.5. The minimum Gasteiger partial charge on any atom is -0.373 e. The van der Waals surface area contributed by atoms with E-state index >= 15 is 0 Å². The van der Waals surface area contributed by atoms with Gasteiger partial charge in [-0.15, -0.1) is 0 Å². The highest BCUT2D eigenvalue weighted by atomic mass is 16.5. The molecule has 3 fully saturated rings. The molecule has 7 heteroatoms. The van der Waals surface area contributed by atoms with Gasteiger partial charge in [0.05, 0.1) is 18.2 Å². The lowest BCUT2D eigenvalue weighted by Crippen LogP contribution is -2.47. The van der Waals surface area contributed by atoms with Gasteiger partial charge in [0, 0.05) is 46.0 Å². The Morgan fingerprint density at radius 3 is 2.70 bits per heavy atom. The Kier molecular flexibility index (Phi) is 5.78. The standard InChI is InChI=1S/C20H32N6O/c1-3-25-8-10-26(11-9-25)19-7-4-15(13-22-19)14-23-20(21-2)24-17-12-16-5-6-18(17)27-16/h4,7,13,16-18H,3,5-6,8-12,14H2,1-2H3,(H2,21,23,24). The van der Waals surface area contributed by atoms with Crippen molar-refractivity contribution in [3.63, 3.8) is 0 Å². The van der Waals surface area contributed by atoms with Crippen LogP contribution in [0.25, 0.3) is 0 Å². The summed E-state index contributed by atoms with van der Waals surface area (Å²) in [6.07, 6.45) is 6.23. The van der Waals surface area contributed by atoms with Crippen LogP contribution in [0.4, 0.5) is 5.82 Å². The second kappa shape index (κ2) is 8.44. The van der Waals surface area contributed by atoms with Gasteiger partial charge in [-0.1, -0.05) is 13.0 Å². The smallest absolute Gasteiger partial charge is 0.191 e. The zero-order valence-corrected chi connectivity index (χ0v) is 16.5. The second-order valence-electron chi connectivity index (χ2n) is 7.73. The monoisotopic (exact) mass is 372 g/mol. The number of ether oxygens (including phenoxy) is 1. The molecule has 0 aromatic carbocycles. The Labute approximate surface area is 162 Å². The number of hydrogen-bond acceptors (Lipinski definition) is 5. The van der Waals surface area contributed by atoms with Crippen molar-refractivity contribution < 1.29 is 4.74 Å². The van der Waals surface area contributed by atoms with Crippen molar-refractivity contribution in [1.82, 2.24) is 20.5 Å². The summed E-state index contributed by atoms with van der Waals surface area (Å²) in [5.41, 5.74) is 1.16. The van der Waals surface area contributed by atoms with Crippen molar-refractivity contribution in [2.75, 3.05) is 44.7 Å². The lowest BCUT2D eigenvalue weighted by molar-refractivity contribution is 0.0992. The number of piperazine rings is 1. The predicted molar refractivity (Wildman–Crippen MR) is 108 cm³/mol. The quantitative estimate of drug-likeness (QED) is 0.598. The molecule has 0 spiro atoms. The van der Waals surface area contributed by atoms with Crippen LogP contribution >= 0.6 is 0 Å². The number of nitrogens with one attached hydrogen (secondary N) is 2. The van der Waals surface area contributed by atoms with E-state index in [9.17, 15) is 0 Å². The Balaban J connectivity index is 1.25. The van der Waals surface area contributed by atoms with Gasteiger partial charge >= 0.3 is 0 Å². The Morgan fingerprint density at radius 1 is 1.26 bits per heavy atom. The van der Waals surface area contributed by atoms with Crippen molar-refractivity contribution in [3.8, 4) is 0 Å². The molecule has 4 heterocycles. The van der Waals surface area contributed by atoms with E-state index in [-0.39, 0.29) is 0 Å². The number of aromatic nitrogens is 1. The number of fused-ring (bicyclic) bond motifs is 2. The maximum absolute atomic E-state index is 5.91. The van der Waals surface area contributed by atoms with Crippen LogP contribution in [0.3, 0.4) is 0 Å². The number of hydrogen-bond donors (Lipinski definition) is 2. The van der Waals surface area contributed by atoms with Gasteiger partial charge < -0.3 is 25.2 Å². The summed E-state index contributed by atoms with van der Waals surface area (Å²) >= 11 is 0. The molecule has 0 amide bonds. The highest BCUT2D eigenvalue weighted by molar-refractivity contribution is 5.80. The fourth-order valence-electron chi connectivity index (χ4n) is 4.35. The molecule has 2 bridgehead atoms. The molecule has 0 aliphatic carbocycles. The van der Waals surface area contributed by atoms with E-state index in [1.165, 1.54) is 6.42 Å². The lowest BCUT2D eigenvalue weighted by Gasteiger charge is -2.34. The van der Waals surface area contributed by atoms with Crippen LogP contribution in [0.15, 0.2) is 23.3 Å². The van der Waals surface area contributed by atoms with Crippen molar-refractivity contribution in [3.05, 3.63) is 23.9 Å². The summed E-state index contributed by atoms with van der Waals surface area (Å²) in [4.78, 5) is 13.9. The minimum atomic E-state index is 0.350. The number of aliphatic imine (C=N–C) groups is 1. The van der Waals surface area contributed by atoms with Crippen molar-refractivity contribution in [2.24, 2.45) is 4.99 Å². The third-order valence-electron chi connectivity index (χ3n) is 6.06. The average molecular weight is 373 g/mol. The van der Waals surface area contributed by atoms with E-state index in [1.54, 1.807) is 0 Å². The van der Waals surface area contributed by atoms with Gasteiger partial charge in [-0.2, -0.15) is 0 Å². The molecule has 2 N–H and O–H groups in total. The first-order chi connectivity index (χ1) is 13.2. The highest BCUT2D eigenvalue weighted by Crippen LogP contribution is 2.34. The molecule has 3 aliphatic heterocycles. The molecule has 0 radical (unpaired) electrons. The number of nitrogens with zero attached hydrogens (tertiary/aromatic N) is 4. The van der Waals surface area contributed by atoms with Crippen molar-refractivity contribution in [2.45, 2.75) is 51.0 Å². The number of guanidine groups is 1. The first-order valence-corrected chi connectivity index (χ1v) is 10.3. The van der Waals surface area contributed by atoms with Crippen LogP contribution in [-0.2, 0) is 11.3 Å². The van der Waals surface area contributed by atoms with E-state index in [0.29, 0.717) is 18.2 Å². The molecule has 3 saturated heterocycles. The highest BCUT2D eigenvalue weighted by Gasteiger charge is 2.41. The number of anilines is 1. The largest absolute Gasteiger partial charge is 0.373 e. The summed E-state index contributed by atoms with van der Waals surface area (Å²) in [5.74, 6) is 1.92. The van der Waals surface area contributed by atoms with Crippen molar-refractivity contribution in [1.29, 1.82) is 0 Å². The molecule has 3 atom stereocenters. The molecule has 27 heavy (non-hydrogen) atoms. The second-order valence-corrected chi connectivity index (χ2v) is 7.73. The van der Waals surface area contributed by atoms with Crippen LogP contribution in [0.1, 0.15) is 31.7 Å². The summed E-state index contributed by atoms with van der Waals surface area (Å²) < 4.78 is 5.91. The molecule has 0 saturated carbocycles. The maximum Gasteiger partial charge on any atom is 0.191 e. The van der Waals surface area contributed by atoms with Gasteiger partial charge in [-0.05, 0) is 37.4 Å². The van der Waals surface area contributed by atoms with Crippen molar-refractivity contribution >= 4 is 11.8 Å². The van der Waals surface area contributed by atoms with Gasteiger partial charge in [0.1, 0.15) is 5.82 Å². The van der Waals surface area contributed by atoms with Crippen LogP contribution in [-0.4, -0.2) is 73.9 Å². The van der Waals surface area contributed by atoms with Crippen LogP contribution < -0.4 is 15.5 Å². The number of likely N-dealkylation sites (N-methyl/N-ethyl adjacent to an activating group) is 1. The maximum atomic E-state index is 5.91. The normalized spacial score (nSPS) is 28.6. The Bertz CT molecular complexity index is 640. The molecule has 7 nitrogen and oxygen atoms in total. The van der Waals surface area contributed by atoms with Gasteiger partial charge in [0.15, 0.2) is 5.96 Å². The van der Waals surface area contributed by atoms with E-state index < -0.39 is 0 Å². The summed E-state index contributed by atoms with van der Waals surface area (Å²) in [5, 5.41) is 6.93. The molecule has 3 unspecified atom stereocenters. The molecular weight excluding hydrogens is 340 g/mol. The topological polar surface area (TPSA) is 65.0 Å². The minimum absolute atomic E-state index is 0.350. The Morgan fingerprint density at radius 2 is 2.11 bits per heavy atom. The average Bonchev–Trinajstić information content (AvgIpc) is 3.35. The molecule has 148 valence electrons. The van der Waals surface area contributed by atoms with E-state index in [1.807, 2.05) is 13.2 Å². The third kappa shape index (κ3) is 4.35. The van der Waals surface area contributed by atoms with Gasteiger partial charge in [-0.3, -0.25) is 4.99 Å². The van der Waals surface area contributed by atoms with Crippen LogP contribution in [0.2, 0.25) is 0 Å².